The van der Waals surface area contributed by atoms with Crippen LogP contribution in [0.1, 0.15) is 139 Å². The predicted molar refractivity (Wildman–Crippen MR) is 383 cm³/mol. The van der Waals surface area contributed by atoms with E-state index in [0.717, 1.165) is 75.8 Å². The maximum Gasteiger partial charge on any atom is 0.413 e. The normalized spacial score (nSPS) is 21.6. The Morgan fingerprint density at radius 3 is 2.24 bits per heavy atom. The largest absolute Gasteiger partial charge is 0.507 e. The van der Waals surface area contributed by atoms with Gasteiger partial charge in [-0.1, -0.05) is 56.7 Å². The number of rotatable bonds is 30. The second kappa shape index (κ2) is 33.2. The number of likely N-dealkylation sites (tertiary alicyclic amines) is 2. The molecule has 4 aliphatic heterocycles. The number of piperazine rings is 1. The molecule has 28 nitrogen and oxygen atoms in total. The number of β-amino-alcohol motifs (C(OH)–C–C–N with tert-alkyl or cyclic N) is 1. The number of aliphatic hydroxyl groups excluding tert-OH is 1. The van der Waals surface area contributed by atoms with Crippen molar-refractivity contribution in [1.82, 2.24) is 45.7 Å². The van der Waals surface area contributed by atoms with Crippen molar-refractivity contribution >= 4 is 58.6 Å². The number of nitrogens with one attached hydrogen (secondary N) is 4. The molecule has 6 aromatic rings. The van der Waals surface area contributed by atoms with E-state index in [1.54, 1.807) is 85.1 Å². The number of benzene rings is 3. The van der Waals surface area contributed by atoms with Crippen molar-refractivity contribution in [2.75, 3.05) is 86.9 Å². The van der Waals surface area contributed by atoms with E-state index < -0.39 is 59.4 Å². The number of unbranched alkanes of at least 4 members (excludes halogenated alkanes) is 1. The minimum atomic E-state index is -1.52. The van der Waals surface area contributed by atoms with E-state index in [0.29, 0.717) is 90.9 Å². The molecule has 552 valence electrons. The minimum Gasteiger partial charge on any atom is -0.507 e. The number of piperidine rings is 1. The van der Waals surface area contributed by atoms with Crippen molar-refractivity contribution < 1.29 is 67.6 Å². The number of aromatic hydroxyl groups is 1. The highest BCUT2D eigenvalue weighted by molar-refractivity contribution is 6.05. The van der Waals surface area contributed by atoms with Gasteiger partial charge in [0.15, 0.2) is 11.6 Å². The number of carboxylic acid groups (broad SMARTS) is 1. The quantitative estimate of drug-likeness (QED) is 0.0165. The maximum absolute atomic E-state index is 14.2. The first-order chi connectivity index (χ1) is 50.2. The Labute approximate surface area is 604 Å². The number of nitrogens with zero attached hydrogens (tertiary/aromatic N) is 10. The number of hydrogen-bond acceptors (Lipinski definition) is 22. The number of carbonyl (C=O) groups is 6. The van der Waals surface area contributed by atoms with Crippen LogP contribution in [0.15, 0.2) is 108 Å². The SMILES string of the molecule is CC(C)[C@@H](C(=O)N1C[C@H](O)C[C@H]1C(=O)N[C@H](C)c1ccc(C#N)cc1)c1cc(OCCN2CCC(OC3CC(Oc4cc(N5C6CCC5CN(c5cc(-c7ccccc7O)nnc5NC(=O)OCc5ccc(NC(=O)[C@H](CCCCN(C)C)NC(=O)C7(C(=O)O)CCC7)cc5)C6)ccn4)C3)CC2)no1. The summed E-state index contributed by atoms with van der Waals surface area (Å²) in [6.45, 7) is 10.2. The highest BCUT2D eigenvalue weighted by Gasteiger charge is 2.52. The molecule has 5 amide bonds. The topological polar surface area (TPSA) is 353 Å². The molecule has 7 heterocycles. The van der Waals surface area contributed by atoms with Gasteiger partial charge in [-0.25, -0.2) is 9.78 Å². The van der Waals surface area contributed by atoms with Crippen molar-refractivity contribution in [3.63, 3.8) is 0 Å². The lowest BCUT2D eigenvalue weighted by atomic mass is 9.68. The molecule has 28 heteroatoms. The number of pyridine rings is 1. The van der Waals surface area contributed by atoms with Gasteiger partial charge >= 0.3 is 12.1 Å². The highest BCUT2D eigenvalue weighted by atomic mass is 16.6. The number of aromatic nitrogens is 4. The number of fused-ring (bicyclic) bond motifs is 2. The highest BCUT2D eigenvalue weighted by Crippen LogP contribution is 2.43. The monoisotopic (exact) mass is 1430 g/mol. The van der Waals surface area contributed by atoms with Crippen LogP contribution in [0.3, 0.4) is 0 Å². The Kier molecular flexibility index (Phi) is 23.6. The van der Waals surface area contributed by atoms with E-state index in [4.69, 9.17) is 23.5 Å². The number of carboxylic acids is 1. The van der Waals surface area contributed by atoms with Crippen LogP contribution >= 0.6 is 0 Å². The van der Waals surface area contributed by atoms with Crippen LogP contribution in [-0.2, 0) is 40.1 Å². The van der Waals surface area contributed by atoms with Gasteiger partial charge in [-0.2, -0.15) is 5.26 Å². The number of amides is 5. The zero-order chi connectivity index (χ0) is 73.2. The maximum atomic E-state index is 14.2. The molecule has 6 fully saturated rings. The standard InChI is InChI=1S/C76H94N14O14/c1-46(2)68(72(95)89-44-55(91)36-63(89)71(94)79-47(3)50-18-14-48(41-77)15-19-50)65-40-67(85-104-65)100-34-33-87-31-25-56(26-32-87)102-57-37-58(38-57)103-66-35-52(24-29-78-66)90-53-22-23-54(90)43-88(42-53)62-39-61(59-11-6-7-13-64(59)92)83-84-69(62)82-75(99)101-45-49-16-20-51(21-17-49)80-70(93)60(12-8-9-30-86(4)5)81-73(96)76(74(97)98)27-10-28-76/h6-7,11,13-21,24,29,35,39-40,46-47,53-58,60,63,68,91-92H,8-10,12,22-23,25-28,30-34,36-38,42-45H2,1-5H3,(H,79,94)(H,80,93)(H,81,96)(H,97,98)(H,82,84,99)/t47-,53?,54?,55-,57?,58?,60+,63+,68-/m1/s1. The summed E-state index contributed by atoms with van der Waals surface area (Å²) in [5, 5.41) is 65.1. The summed E-state index contributed by atoms with van der Waals surface area (Å²) in [4.78, 5) is 95.6. The van der Waals surface area contributed by atoms with E-state index in [2.05, 4.69) is 62.4 Å². The van der Waals surface area contributed by atoms with Crippen LogP contribution in [0.5, 0.6) is 17.5 Å². The molecule has 12 rings (SSSR count). The summed E-state index contributed by atoms with van der Waals surface area (Å²) >= 11 is 0. The van der Waals surface area contributed by atoms with Gasteiger partial charge in [0.25, 0.3) is 5.88 Å². The third kappa shape index (κ3) is 17.6. The second-order valence-corrected chi connectivity index (χ2v) is 29.0. The molecule has 0 radical (unpaired) electrons. The molecular formula is C76H94N14O14. The van der Waals surface area contributed by atoms with Crippen molar-refractivity contribution in [3.05, 3.63) is 126 Å². The van der Waals surface area contributed by atoms with Crippen LogP contribution in [0, 0.1) is 22.7 Å². The Hall–Kier alpha value is -9.95. The average molecular weight is 1430 g/mol. The second-order valence-electron chi connectivity index (χ2n) is 29.0. The van der Waals surface area contributed by atoms with E-state index >= 15 is 0 Å². The zero-order valence-corrected chi connectivity index (χ0v) is 59.5. The van der Waals surface area contributed by atoms with Crippen molar-refractivity contribution in [2.24, 2.45) is 11.3 Å². The lowest BCUT2D eigenvalue weighted by molar-refractivity contribution is -0.162. The first-order valence-corrected chi connectivity index (χ1v) is 36.3. The molecule has 2 bridgehead atoms. The molecule has 2 unspecified atom stereocenters. The first-order valence-electron chi connectivity index (χ1n) is 36.3. The number of para-hydroxylation sites is 1. The van der Waals surface area contributed by atoms with Crippen LogP contribution in [0.25, 0.3) is 11.3 Å². The number of aliphatic carboxylic acids is 1. The van der Waals surface area contributed by atoms with Gasteiger partial charge in [0, 0.05) is 106 Å². The van der Waals surface area contributed by atoms with Gasteiger partial charge in [0.2, 0.25) is 29.5 Å². The van der Waals surface area contributed by atoms with Gasteiger partial charge in [-0.3, -0.25) is 34.2 Å². The molecule has 2 saturated carbocycles. The Morgan fingerprint density at radius 2 is 1.56 bits per heavy atom. The molecule has 7 N–H and O–H groups in total. The molecule has 6 aliphatic rings. The van der Waals surface area contributed by atoms with Crippen LogP contribution in [0.4, 0.5) is 27.7 Å². The van der Waals surface area contributed by atoms with Gasteiger partial charge in [-0.15, -0.1) is 10.2 Å². The lowest BCUT2D eigenvalue weighted by Gasteiger charge is -2.44. The van der Waals surface area contributed by atoms with Gasteiger partial charge in [0.05, 0.1) is 47.4 Å². The number of hydrogen-bond donors (Lipinski definition) is 7. The van der Waals surface area contributed by atoms with Gasteiger partial charge in [0.1, 0.15) is 48.5 Å². The number of phenolic OH excluding ortho intramolecular Hbond substituents is 1. The van der Waals surface area contributed by atoms with Crippen LogP contribution < -0.4 is 40.5 Å². The van der Waals surface area contributed by atoms with E-state index in [9.17, 15) is 49.3 Å². The van der Waals surface area contributed by atoms with E-state index in [-0.39, 0.29) is 98.0 Å². The van der Waals surface area contributed by atoms with E-state index in [1.807, 2.05) is 58.0 Å². The summed E-state index contributed by atoms with van der Waals surface area (Å²) in [6, 6.07) is 28.1. The van der Waals surface area contributed by atoms with Crippen LogP contribution in [-0.4, -0.2) is 201 Å². The smallest absolute Gasteiger partial charge is 0.413 e. The first kappa shape index (κ1) is 73.8. The van der Waals surface area contributed by atoms with Crippen molar-refractivity contribution in [2.45, 2.75) is 171 Å². The Morgan fingerprint density at radius 1 is 0.817 bits per heavy atom. The van der Waals surface area contributed by atoms with Crippen LogP contribution in [0.2, 0.25) is 0 Å². The predicted octanol–water partition coefficient (Wildman–Crippen LogP) is 8.17. The fourth-order valence-electron chi connectivity index (χ4n) is 14.9. The summed E-state index contributed by atoms with van der Waals surface area (Å²) in [6.07, 6.45) is 8.36. The van der Waals surface area contributed by atoms with Crippen molar-refractivity contribution in [1.29, 1.82) is 5.26 Å². The Bertz CT molecular complexity index is 4030. The fourth-order valence-corrected chi connectivity index (χ4v) is 14.9. The number of carbonyl (C=O) groups excluding carboxylic acids is 5. The summed E-state index contributed by atoms with van der Waals surface area (Å²) in [5.74, 6) is -2.63. The third-order valence-corrected chi connectivity index (χ3v) is 21.1. The number of ether oxygens (including phenoxy) is 4. The summed E-state index contributed by atoms with van der Waals surface area (Å²) < 4.78 is 30.6. The molecule has 7 atom stereocenters. The third-order valence-electron chi connectivity index (χ3n) is 21.1. The molecule has 3 aromatic heterocycles. The number of nitriles is 1. The Balaban J connectivity index is 0.585. The summed E-state index contributed by atoms with van der Waals surface area (Å²) in [5.41, 5.74) is 3.40. The molecule has 104 heavy (non-hydrogen) atoms. The fraction of sp³-hybridized carbons (Fsp3) is 0.513. The molecule has 3 aromatic carbocycles. The number of aliphatic hydroxyl groups is 1. The minimum absolute atomic E-state index is 0.0107. The average Bonchev–Trinajstić information content (AvgIpc) is 1.45. The zero-order valence-electron chi connectivity index (χ0n) is 59.5. The van der Waals surface area contributed by atoms with Gasteiger partial charge < -0.3 is 74.3 Å². The molecule has 2 aliphatic carbocycles. The van der Waals surface area contributed by atoms with Gasteiger partial charge in [-0.05, 0) is 156 Å². The molecule has 0 spiro atoms. The molecular weight excluding hydrogens is 1330 g/mol. The number of anilines is 4. The number of phenols is 1. The lowest BCUT2D eigenvalue weighted by Crippen LogP contribution is -2.55. The van der Waals surface area contributed by atoms with E-state index in [1.165, 1.54) is 4.90 Å². The van der Waals surface area contributed by atoms with Crippen molar-refractivity contribution in [3.8, 4) is 34.8 Å². The molecule has 4 saturated heterocycles. The summed E-state index contributed by atoms with van der Waals surface area (Å²) in [7, 11) is 3.91.